The second-order valence-corrected chi connectivity index (χ2v) is 9.04. The fraction of sp³-hybridized carbons (Fsp3) is 0.579. The molecule has 0 unspecified atom stereocenters. The third-order valence-electron chi connectivity index (χ3n) is 4.43. The topological polar surface area (TPSA) is 121 Å². The summed E-state index contributed by atoms with van der Waals surface area (Å²) in [4.78, 5) is 16.2. The zero-order valence-electron chi connectivity index (χ0n) is 16.8. The van der Waals surface area contributed by atoms with Gasteiger partial charge in [-0.15, -0.1) is 0 Å². The molecule has 0 amide bonds. The van der Waals surface area contributed by atoms with Crippen molar-refractivity contribution in [3.63, 3.8) is 0 Å². The average Bonchev–Trinajstić information content (AvgIpc) is 2.64. The lowest BCUT2D eigenvalue weighted by Gasteiger charge is -2.35. The van der Waals surface area contributed by atoms with E-state index in [1.807, 2.05) is 0 Å². The van der Waals surface area contributed by atoms with Crippen LogP contribution in [0.5, 0.6) is 0 Å². The van der Waals surface area contributed by atoms with E-state index in [0.29, 0.717) is 25.5 Å². The van der Waals surface area contributed by atoms with Crippen molar-refractivity contribution < 1.29 is 37.4 Å². The summed E-state index contributed by atoms with van der Waals surface area (Å²) in [5, 5.41) is 12.7. The number of benzene rings is 1. The summed E-state index contributed by atoms with van der Waals surface area (Å²) in [6.07, 6.45) is 2.25. The first-order valence-corrected chi connectivity index (χ1v) is 11.1. The molecular formula is C19H27NO8S. The molecule has 0 aliphatic carbocycles. The van der Waals surface area contributed by atoms with E-state index in [0.717, 1.165) is 24.8 Å². The lowest BCUT2D eigenvalue weighted by Crippen LogP contribution is -2.45. The molecule has 1 saturated heterocycles. The first-order chi connectivity index (χ1) is 13.6. The maximum absolute atomic E-state index is 11.5. The standard InChI is InChI=1S/C19H27NO8S/c1-14(16-7-9-17(10-8-16)29(3,23)24)20-27-11-5-4-6-15-12-25-19(2,26-13-15)28-18(21)22/h7-10,15H,4-6,11-13H2,1-3H3,(H,21,22). The van der Waals surface area contributed by atoms with Gasteiger partial charge in [0.2, 0.25) is 0 Å². The first-order valence-electron chi connectivity index (χ1n) is 9.26. The van der Waals surface area contributed by atoms with E-state index in [1.54, 1.807) is 31.2 Å². The minimum absolute atomic E-state index is 0.166. The number of ether oxygens (including phenoxy) is 3. The quantitative estimate of drug-likeness (QED) is 0.275. The second-order valence-electron chi connectivity index (χ2n) is 7.02. The van der Waals surface area contributed by atoms with Gasteiger partial charge in [0.25, 0.3) is 0 Å². The smallest absolute Gasteiger partial charge is 0.450 e. The number of rotatable bonds is 9. The summed E-state index contributed by atoms with van der Waals surface area (Å²) in [6.45, 7) is 4.41. The molecule has 1 aromatic carbocycles. The Balaban J connectivity index is 1.65. The van der Waals surface area contributed by atoms with Crippen LogP contribution in [0.15, 0.2) is 34.3 Å². The predicted molar refractivity (Wildman–Crippen MR) is 104 cm³/mol. The second kappa shape index (κ2) is 10.0. The van der Waals surface area contributed by atoms with Gasteiger partial charge in [-0.1, -0.05) is 17.3 Å². The Kier molecular flexibility index (Phi) is 8.00. The molecule has 0 atom stereocenters. The summed E-state index contributed by atoms with van der Waals surface area (Å²) < 4.78 is 38.2. The van der Waals surface area contributed by atoms with Crippen molar-refractivity contribution >= 4 is 21.7 Å². The molecular weight excluding hydrogens is 402 g/mol. The van der Waals surface area contributed by atoms with Crippen LogP contribution in [0.1, 0.15) is 38.7 Å². The SMILES string of the molecule is CC(=NOCCCCC1COC(C)(OC(=O)O)OC1)c1ccc(S(C)(=O)=O)cc1. The monoisotopic (exact) mass is 429 g/mol. The third kappa shape index (κ3) is 7.64. The van der Waals surface area contributed by atoms with Crippen LogP contribution >= 0.6 is 0 Å². The van der Waals surface area contributed by atoms with Crippen molar-refractivity contribution in [2.45, 2.75) is 44.0 Å². The van der Waals surface area contributed by atoms with Crippen LogP contribution in [0.25, 0.3) is 0 Å². The first kappa shape index (κ1) is 23.1. The van der Waals surface area contributed by atoms with Crippen molar-refractivity contribution in [2.24, 2.45) is 11.1 Å². The Labute approximate surface area is 170 Å². The van der Waals surface area contributed by atoms with Crippen LogP contribution in [0.2, 0.25) is 0 Å². The summed E-state index contributed by atoms with van der Waals surface area (Å²) in [6, 6.07) is 6.49. The maximum atomic E-state index is 11.5. The molecule has 1 aliphatic heterocycles. The Morgan fingerprint density at radius 2 is 1.86 bits per heavy atom. The highest BCUT2D eigenvalue weighted by molar-refractivity contribution is 7.90. The van der Waals surface area contributed by atoms with Crippen LogP contribution < -0.4 is 0 Å². The molecule has 1 heterocycles. The van der Waals surface area contributed by atoms with E-state index in [2.05, 4.69) is 9.89 Å². The van der Waals surface area contributed by atoms with Gasteiger partial charge in [-0.2, -0.15) is 0 Å². The van der Waals surface area contributed by atoms with Crippen LogP contribution in [-0.2, 0) is 28.9 Å². The number of carbonyl (C=O) groups is 1. The Bertz CT molecular complexity index is 811. The number of hydrogen-bond acceptors (Lipinski definition) is 8. The fourth-order valence-electron chi connectivity index (χ4n) is 2.75. The zero-order valence-corrected chi connectivity index (χ0v) is 17.6. The number of unbranched alkanes of at least 4 members (excludes halogenated alkanes) is 1. The van der Waals surface area contributed by atoms with Crippen molar-refractivity contribution in [1.82, 2.24) is 0 Å². The Morgan fingerprint density at radius 1 is 1.24 bits per heavy atom. The van der Waals surface area contributed by atoms with Gasteiger partial charge in [0.05, 0.1) is 23.8 Å². The van der Waals surface area contributed by atoms with Gasteiger partial charge in [0.15, 0.2) is 9.84 Å². The highest BCUT2D eigenvalue weighted by Crippen LogP contribution is 2.25. The van der Waals surface area contributed by atoms with E-state index >= 15 is 0 Å². The van der Waals surface area contributed by atoms with Crippen molar-refractivity contribution in [3.05, 3.63) is 29.8 Å². The van der Waals surface area contributed by atoms with Gasteiger partial charge in [-0.05, 0) is 43.9 Å². The molecule has 0 spiro atoms. The van der Waals surface area contributed by atoms with E-state index in [1.165, 1.54) is 13.2 Å². The summed E-state index contributed by atoms with van der Waals surface area (Å²) in [5.41, 5.74) is 1.46. The van der Waals surface area contributed by atoms with Gasteiger partial charge in [-0.3, -0.25) is 0 Å². The van der Waals surface area contributed by atoms with Crippen LogP contribution in [0.4, 0.5) is 4.79 Å². The minimum atomic E-state index is -3.22. The van der Waals surface area contributed by atoms with Crippen molar-refractivity contribution in [2.75, 3.05) is 26.1 Å². The van der Waals surface area contributed by atoms with Crippen LogP contribution in [0.3, 0.4) is 0 Å². The molecule has 162 valence electrons. The van der Waals surface area contributed by atoms with Gasteiger partial charge in [0, 0.05) is 19.1 Å². The molecule has 10 heteroatoms. The summed E-state index contributed by atoms with van der Waals surface area (Å²) in [7, 11) is -3.22. The highest BCUT2D eigenvalue weighted by Gasteiger charge is 2.36. The molecule has 1 N–H and O–H groups in total. The number of hydrogen-bond donors (Lipinski definition) is 1. The molecule has 29 heavy (non-hydrogen) atoms. The predicted octanol–water partition coefficient (Wildman–Crippen LogP) is 3.03. The van der Waals surface area contributed by atoms with Gasteiger partial charge in [0.1, 0.15) is 6.61 Å². The summed E-state index contributed by atoms with van der Waals surface area (Å²) >= 11 is 0. The molecule has 9 nitrogen and oxygen atoms in total. The van der Waals surface area contributed by atoms with E-state index < -0.39 is 22.0 Å². The van der Waals surface area contributed by atoms with E-state index in [-0.39, 0.29) is 10.8 Å². The highest BCUT2D eigenvalue weighted by atomic mass is 32.2. The Hall–Kier alpha value is -2.17. The number of nitrogens with zero attached hydrogens (tertiary/aromatic N) is 1. The van der Waals surface area contributed by atoms with E-state index in [4.69, 9.17) is 19.4 Å². The van der Waals surface area contributed by atoms with Crippen molar-refractivity contribution in [3.8, 4) is 0 Å². The molecule has 0 saturated carbocycles. The maximum Gasteiger partial charge on any atom is 0.510 e. The number of sulfone groups is 1. The van der Waals surface area contributed by atoms with E-state index in [9.17, 15) is 13.2 Å². The molecule has 0 bridgehead atoms. The Morgan fingerprint density at radius 3 is 2.41 bits per heavy atom. The lowest BCUT2D eigenvalue weighted by molar-refractivity contribution is -0.379. The molecule has 1 fully saturated rings. The minimum Gasteiger partial charge on any atom is -0.450 e. The normalized spacial score (nSPS) is 22.9. The number of carboxylic acid groups (broad SMARTS) is 1. The van der Waals surface area contributed by atoms with Crippen LogP contribution in [0, 0.1) is 5.92 Å². The number of oxime groups is 1. The molecule has 0 aromatic heterocycles. The molecule has 1 aromatic rings. The largest absolute Gasteiger partial charge is 0.510 e. The van der Waals surface area contributed by atoms with Gasteiger partial charge >= 0.3 is 12.1 Å². The average molecular weight is 429 g/mol. The fourth-order valence-corrected chi connectivity index (χ4v) is 3.38. The van der Waals surface area contributed by atoms with Gasteiger partial charge < -0.3 is 24.2 Å². The van der Waals surface area contributed by atoms with Gasteiger partial charge in [-0.25, -0.2) is 13.2 Å². The lowest BCUT2D eigenvalue weighted by atomic mass is 10.0. The molecule has 1 aliphatic rings. The zero-order chi connectivity index (χ0) is 21.5. The van der Waals surface area contributed by atoms with Crippen molar-refractivity contribution in [1.29, 1.82) is 0 Å². The third-order valence-corrected chi connectivity index (χ3v) is 5.56. The van der Waals surface area contributed by atoms with Crippen LogP contribution in [-0.4, -0.2) is 57.4 Å². The summed E-state index contributed by atoms with van der Waals surface area (Å²) in [5.74, 6) is -1.36. The molecule has 0 radical (unpaired) electrons. The molecule has 2 rings (SSSR count).